The minimum Gasteiger partial charge on any atom is -0.469 e. The number of carbonyl (C=O) groups excluding carboxylic acids is 1. The molecule has 0 saturated heterocycles. The zero-order valence-electron chi connectivity index (χ0n) is 9.96. The molecule has 0 aliphatic carbocycles. The van der Waals surface area contributed by atoms with Gasteiger partial charge in [0, 0.05) is 0 Å². The van der Waals surface area contributed by atoms with Crippen molar-refractivity contribution < 1.29 is 31.5 Å². The van der Waals surface area contributed by atoms with Gasteiger partial charge in [-0.1, -0.05) is 0 Å². The van der Waals surface area contributed by atoms with E-state index >= 15 is 0 Å². The summed E-state index contributed by atoms with van der Waals surface area (Å²) in [5, 5.41) is 8.68. The summed E-state index contributed by atoms with van der Waals surface area (Å²) >= 11 is 0. The van der Waals surface area contributed by atoms with Crippen LogP contribution in [0, 0.1) is 11.3 Å². The zero-order chi connectivity index (χ0) is 15.5. The molecule has 1 heterocycles. The van der Waals surface area contributed by atoms with Crippen molar-refractivity contribution in [2.45, 2.75) is 19.0 Å². The molecule has 0 atom stereocenters. The van der Waals surface area contributed by atoms with Crippen LogP contribution in [-0.2, 0) is 22.1 Å². The van der Waals surface area contributed by atoms with Gasteiger partial charge in [-0.25, -0.2) is 13.8 Å². The van der Waals surface area contributed by atoms with Crippen molar-refractivity contribution in [1.29, 1.82) is 5.26 Å². The lowest BCUT2D eigenvalue weighted by Crippen LogP contribution is -2.16. The van der Waals surface area contributed by atoms with E-state index in [9.17, 15) is 26.7 Å². The van der Waals surface area contributed by atoms with Crippen molar-refractivity contribution >= 4 is 5.97 Å². The largest absolute Gasteiger partial charge is 0.469 e. The van der Waals surface area contributed by atoms with Crippen LogP contribution in [-0.4, -0.2) is 18.1 Å². The summed E-state index contributed by atoms with van der Waals surface area (Å²) < 4.78 is 67.5. The third-order valence-corrected chi connectivity index (χ3v) is 2.31. The first-order valence-corrected chi connectivity index (χ1v) is 5.06. The van der Waals surface area contributed by atoms with E-state index in [4.69, 9.17) is 5.26 Å². The maximum atomic E-state index is 12.8. The third kappa shape index (κ3) is 3.40. The van der Waals surface area contributed by atoms with Gasteiger partial charge in [-0.15, -0.1) is 0 Å². The van der Waals surface area contributed by atoms with Gasteiger partial charge < -0.3 is 4.74 Å². The van der Waals surface area contributed by atoms with Gasteiger partial charge in [0.1, 0.15) is 5.69 Å². The highest BCUT2D eigenvalue weighted by Gasteiger charge is 2.35. The van der Waals surface area contributed by atoms with E-state index in [1.165, 1.54) is 6.07 Å². The second-order valence-corrected chi connectivity index (χ2v) is 3.58. The molecule has 0 amide bonds. The van der Waals surface area contributed by atoms with E-state index in [0.717, 1.165) is 7.11 Å². The van der Waals surface area contributed by atoms with Crippen LogP contribution in [0.3, 0.4) is 0 Å². The van der Waals surface area contributed by atoms with Crippen molar-refractivity contribution in [3.63, 3.8) is 0 Å². The van der Waals surface area contributed by atoms with E-state index in [1.54, 1.807) is 0 Å². The first kappa shape index (κ1) is 15.8. The lowest BCUT2D eigenvalue weighted by molar-refractivity contribution is -0.143. The zero-order valence-corrected chi connectivity index (χ0v) is 9.96. The Balaban J connectivity index is 3.51. The van der Waals surface area contributed by atoms with E-state index < -0.39 is 47.5 Å². The van der Waals surface area contributed by atoms with Gasteiger partial charge in [0.05, 0.1) is 36.4 Å². The molecule has 0 aliphatic rings. The Morgan fingerprint density at radius 3 is 2.50 bits per heavy atom. The molecular formula is C11H7F5N2O2. The van der Waals surface area contributed by atoms with Gasteiger partial charge in [0.15, 0.2) is 0 Å². The van der Waals surface area contributed by atoms with Crippen molar-refractivity contribution in [2.75, 3.05) is 7.11 Å². The molecule has 0 aliphatic heterocycles. The first-order chi connectivity index (χ1) is 9.20. The third-order valence-electron chi connectivity index (χ3n) is 2.31. The number of hydrogen-bond acceptors (Lipinski definition) is 4. The standard InChI is InChI=1S/C11H7F5N2O2/c1-20-8(19)3-6-9(10(12)13)5(4-17)2-7(18-6)11(14,15)16/h2,10H,3H2,1H3. The van der Waals surface area contributed by atoms with Gasteiger partial charge >= 0.3 is 12.1 Å². The molecule has 0 aromatic carbocycles. The van der Waals surface area contributed by atoms with Gasteiger partial charge in [-0.3, -0.25) is 4.79 Å². The molecule has 0 unspecified atom stereocenters. The summed E-state index contributed by atoms with van der Waals surface area (Å²) in [5.74, 6) is -1.04. The fourth-order valence-corrected chi connectivity index (χ4v) is 1.43. The number of pyridine rings is 1. The molecule has 0 saturated carbocycles. The number of esters is 1. The fourth-order valence-electron chi connectivity index (χ4n) is 1.43. The number of nitrogens with zero attached hydrogens (tertiary/aromatic N) is 2. The lowest BCUT2D eigenvalue weighted by atomic mass is 10.0. The highest BCUT2D eigenvalue weighted by molar-refractivity contribution is 5.72. The van der Waals surface area contributed by atoms with Gasteiger partial charge in [-0.05, 0) is 6.07 Å². The van der Waals surface area contributed by atoms with E-state index in [0.29, 0.717) is 0 Å². The second kappa shape index (κ2) is 5.81. The van der Waals surface area contributed by atoms with E-state index in [-0.39, 0.29) is 6.07 Å². The molecule has 0 spiro atoms. The molecular weight excluding hydrogens is 287 g/mol. The SMILES string of the molecule is COC(=O)Cc1nc(C(F)(F)F)cc(C#N)c1C(F)F. The fraction of sp³-hybridized carbons (Fsp3) is 0.364. The highest BCUT2D eigenvalue weighted by Crippen LogP contribution is 2.33. The molecule has 0 fully saturated rings. The monoisotopic (exact) mass is 294 g/mol. The summed E-state index contributed by atoms with van der Waals surface area (Å²) in [7, 11) is 0.948. The van der Waals surface area contributed by atoms with Crippen molar-refractivity contribution in [3.05, 3.63) is 28.6 Å². The maximum Gasteiger partial charge on any atom is 0.433 e. The van der Waals surface area contributed by atoms with Crippen LogP contribution in [0.25, 0.3) is 0 Å². The van der Waals surface area contributed by atoms with Gasteiger partial charge in [-0.2, -0.15) is 18.4 Å². The molecule has 108 valence electrons. The topological polar surface area (TPSA) is 63.0 Å². The lowest BCUT2D eigenvalue weighted by Gasteiger charge is -2.13. The number of nitriles is 1. The van der Waals surface area contributed by atoms with Crippen LogP contribution in [0.5, 0.6) is 0 Å². The van der Waals surface area contributed by atoms with Crippen LogP contribution < -0.4 is 0 Å². The summed E-state index contributed by atoms with van der Waals surface area (Å²) in [4.78, 5) is 14.1. The number of hydrogen-bond donors (Lipinski definition) is 0. The second-order valence-electron chi connectivity index (χ2n) is 3.58. The summed E-state index contributed by atoms with van der Waals surface area (Å²) in [6.07, 6.45) is -9.04. The quantitative estimate of drug-likeness (QED) is 0.635. The highest BCUT2D eigenvalue weighted by atomic mass is 19.4. The van der Waals surface area contributed by atoms with Crippen LogP contribution in [0.2, 0.25) is 0 Å². The average Bonchev–Trinajstić information content (AvgIpc) is 2.35. The maximum absolute atomic E-state index is 12.8. The number of alkyl halides is 5. The van der Waals surface area contributed by atoms with Gasteiger partial charge in [0.25, 0.3) is 6.43 Å². The Morgan fingerprint density at radius 1 is 1.50 bits per heavy atom. The number of carbonyl (C=O) groups is 1. The number of aromatic nitrogens is 1. The molecule has 0 N–H and O–H groups in total. The predicted molar refractivity (Wildman–Crippen MR) is 54.6 cm³/mol. The molecule has 9 heteroatoms. The molecule has 4 nitrogen and oxygen atoms in total. The Labute approximate surface area is 109 Å². The van der Waals surface area contributed by atoms with Crippen LogP contribution >= 0.6 is 0 Å². The van der Waals surface area contributed by atoms with Crippen molar-refractivity contribution in [2.24, 2.45) is 0 Å². The van der Waals surface area contributed by atoms with Crippen LogP contribution in [0.1, 0.15) is 28.9 Å². The van der Waals surface area contributed by atoms with Crippen molar-refractivity contribution in [1.82, 2.24) is 4.98 Å². The Kier molecular flexibility index (Phi) is 4.60. The van der Waals surface area contributed by atoms with Crippen molar-refractivity contribution in [3.8, 4) is 6.07 Å². The predicted octanol–water partition coefficient (Wildman–Crippen LogP) is 2.63. The normalized spacial score (nSPS) is 11.3. The summed E-state index contributed by atoms with van der Waals surface area (Å²) in [5.41, 5.74) is -4.21. The Morgan fingerprint density at radius 2 is 2.10 bits per heavy atom. The van der Waals surface area contributed by atoms with E-state index in [2.05, 4.69) is 9.72 Å². The first-order valence-electron chi connectivity index (χ1n) is 5.06. The molecule has 0 bridgehead atoms. The summed E-state index contributed by atoms with van der Waals surface area (Å²) in [6.45, 7) is 0. The number of halogens is 5. The minimum atomic E-state index is -4.92. The Hall–Kier alpha value is -2.24. The molecule has 0 radical (unpaired) electrons. The number of ether oxygens (including phenoxy) is 1. The smallest absolute Gasteiger partial charge is 0.433 e. The number of rotatable bonds is 3. The molecule has 1 aromatic heterocycles. The van der Waals surface area contributed by atoms with E-state index in [1.807, 2.05) is 0 Å². The molecule has 1 rings (SSSR count). The number of methoxy groups -OCH3 is 1. The summed E-state index contributed by atoms with van der Waals surface area (Å²) in [6, 6.07) is 1.47. The minimum absolute atomic E-state index is 0.224. The van der Waals surface area contributed by atoms with Gasteiger partial charge in [0.2, 0.25) is 0 Å². The van der Waals surface area contributed by atoms with Crippen LogP contribution in [0.4, 0.5) is 22.0 Å². The molecule has 1 aromatic rings. The average molecular weight is 294 g/mol. The Bertz CT molecular complexity index is 563. The molecule has 20 heavy (non-hydrogen) atoms. The van der Waals surface area contributed by atoms with Crippen LogP contribution in [0.15, 0.2) is 6.07 Å².